The van der Waals surface area contributed by atoms with E-state index in [9.17, 15) is 0 Å². The van der Waals surface area contributed by atoms with E-state index < -0.39 is 0 Å². The zero-order chi connectivity index (χ0) is 15.5. The summed E-state index contributed by atoms with van der Waals surface area (Å²) in [7, 11) is 3.15. The first kappa shape index (κ1) is 19.3. The summed E-state index contributed by atoms with van der Waals surface area (Å²) in [6, 6.07) is 0. The van der Waals surface area contributed by atoms with Crippen molar-refractivity contribution in [1.82, 2.24) is 9.97 Å². The minimum atomic E-state index is -0.324. The number of halogens is 2. The van der Waals surface area contributed by atoms with Gasteiger partial charge >= 0.3 is 0 Å². The van der Waals surface area contributed by atoms with Crippen molar-refractivity contribution < 1.29 is 19.3 Å². The standard InChI is InChI=1S/C8H10Cl2N2O2.C4H10O2/c1-5(4-13-2)14-7-6(9)3-11-8(10)12-7;1-4(5)3-6-2/h3,5H,4H2,1-2H3;4-5H,3H2,1-2H3/t5-;4-/m00/s1. The van der Waals surface area contributed by atoms with E-state index in [1.165, 1.54) is 6.20 Å². The highest BCUT2D eigenvalue weighted by Crippen LogP contribution is 2.22. The zero-order valence-electron chi connectivity index (χ0n) is 12.0. The van der Waals surface area contributed by atoms with Crippen LogP contribution in [0.5, 0.6) is 5.88 Å². The van der Waals surface area contributed by atoms with Gasteiger partial charge in [0, 0.05) is 14.2 Å². The lowest BCUT2D eigenvalue weighted by molar-refractivity contribution is 0.0765. The van der Waals surface area contributed by atoms with Crippen LogP contribution in [0.25, 0.3) is 0 Å². The van der Waals surface area contributed by atoms with Crippen LogP contribution in [-0.4, -0.2) is 54.7 Å². The summed E-state index contributed by atoms with van der Waals surface area (Å²) in [6.07, 6.45) is 0.935. The molecule has 0 amide bonds. The Morgan fingerprint density at radius 2 is 1.80 bits per heavy atom. The fraction of sp³-hybridized carbons (Fsp3) is 0.667. The Balaban J connectivity index is 0.000000511. The van der Waals surface area contributed by atoms with Gasteiger partial charge in [-0.1, -0.05) is 11.6 Å². The summed E-state index contributed by atoms with van der Waals surface area (Å²) in [5, 5.41) is 8.86. The van der Waals surface area contributed by atoms with Crippen molar-refractivity contribution in [3.8, 4) is 5.88 Å². The quantitative estimate of drug-likeness (QED) is 0.808. The maximum Gasteiger partial charge on any atom is 0.237 e. The highest BCUT2D eigenvalue weighted by atomic mass is 35.5. The van der Waals surface area contributed by atoms with Gasteiger partial charge < -0.3 is 19.3 Å². The third-order valence-corrected chi connectivity index (χ3v) is 2.25. The van der Waals surface area contributed by atoms with Gasteiger partial charge in [0.2, 0.25) is 11.2 Å². The van der Waals surface area contributed by atoms with Crippen LogP contribution in [0.15, 0.2) is 6.20 Å². The first-order chi connectivity index (χ1) is 9.40. The highest BCUT2D eigenvalue weighted by Gasteiger charge is 2.09. The molecule has 0 unspecified atom stereocenters. The summed E-state index contributed by atoms with van der Waals surface area (Å²) in [5.74, 6) is 0.274. The molecule has 0 aliphatic rings. The molecule has 0 saturated heterocycles. The lowest BCUT2D eigenvalue weighted by Gasteiger charge is -2.13. The second-order valence-electron chi connectivity index (χ2n) is 3.98. The predicted molar refractivity (Wildman–Crippen MR) is 77.6 cm³/mol. The molecule has 1 aromatic rings. The van der Waals surface area contributed by atoms with Gasteiger partial charge in [-0.3, -0.25) is 0 Å². The maximum atomic E-state index is 8.43. The molecule has 0 aliphatic heterocycles. The van der Waals surface area contributed by atoms with Gasteiger partial charge in [-0.05, 0) is 25.4 Å². The first-order valence-corrected chi connectivity index (χ1v) is 6.66. The average Bonchev–Trinajstić information content (AvgIpc) is 2.35. The van der Waals surface area contributed by atoms with E-state index >= 15 is 0 Å². The largest absolute Gasteiger partial charge is 0.471 e. The molecule has 1 heterocycles. The number of aliphatic hydroxyl groups is 1. The van der Waals surface area contributed by atoms with Crippen molar-refractivity contribution in [1.29, 1.82) is 0 Å². The number of rotatable bonds is 6. The second kappa shape index (κ2) is 11.0. The minimum absolute atomic E-state index is 0.106. The second-order valence-corrected chi connectivity index (χ2v) is 4.73. The first-order valence-electron chi connectivity index (χ1n) is 5.91. The maximum absolute atomic E-state index is 8.43. The molecular weight excluding hydrogens is 307 g/mol. The molecule has 1 rings (SSSR count). The Bertz CT molecular complexity index is 380. The lowest BCUT2D eigenvalue weighted by Crippen LogP contribution is -2.18. The Morgan fingerprint density at radius 3 is 2.25 bits per heavy atom. The number of methoxy groups -OCH3 is 2. The fourth-order valence-electron chi connectivity index (χ4n) is 1.11. The molecular formula is C12H20Cl2N2O4. The molecule has 20 heavy (non-hydrogen) atoms. The van der Waals surface area contributed by atoms with Crippen molar-refractivity contribution in [3.63, 3.8) is 0 Å². The third-order valence-electron chi connectivity index (χ3n) is 1.80. The van der Waals surface area contributed by atoms with Crippen LogP contribution in [0.2, 0.25) is 10.3 Å². The van der Waals surface area contributed by atoms with Gasteiger partial charge in [0.05, 0.1) is 25.5 Å². The van der Waals surface area contributed by atoms with Gasteiger partial charge in [0.25, 0.3) is 0 Å². The van der Waals surface area contributed by atoms with E-state index in [0.717, 1.165) is 0 Å². The molecule has 0 aliphatic carbocycles. The van der Waals surface area contributed by atoms with E-state index in [1.807, 2.05) is 6.92 Å². The topological polar surface area (TPSA) is 73.7 Å². The molecule has 116 valence electrons. The Morgan fingerprint density at radius 1 is 1.20 bits per heavy atom. The van der Waals surface area contributed by atoms with E-state index in [-0.39, 0.29) is 23.4 Å². The van der Waals surface area contributed by atoms with E-state index in [0.29, 0.717) is 18.2 Å². The molecule has 1 aromatic heterocycles. The Labute approximate surface area is 129 Å². The van der Waals surface area contributed by atoms with Crippen molar-refractivity contribution >= 4 is 23.2 Å². The van der Waals surface area contributed by atoms with E-state index in [4.69, 9.17) is 37.8 Å². The lowest BCUT2D eigenvalue weighted by atomic mass is 10.4. The summed E-state index contributed by atoms with van der Waals surface area (Å²) < 4.78 is 14.8. The van der Waals surface area contributed by atoms with Gasteiger partial charge in [-0.2, -0.15) is 4.98 Å². The summed E-state index contributed by atoms with van der Waals surface area (Å²) >= 11 is 11.4. The zero-order valence-corrected chi connectivity index (χ0v) is 13.5. The van der Waals surface area contributed by atoms with Crippen LogP contribution in [0.4, 0.5) is 0 Å². The van der Waals surface area contributed by atoms with Crippen LogP contribution < -0.4 is 4.74 Å². The van der Waals surface area contributed by atoms with Crippen LogP contribution in [0.3, 0.4) is 0 Å². The number of hydrogen-bond donors (Lipinski definition) is 1. The van der Waals surface area contributed by atoms with Gasteiger partial charge in [0.15, 0.2) is 0 Å². The molecule has 0 spiro atoms. The molecule has 0 fully saturated rings. The van der Waals surface area contributed by atoms with Crippen molar-refractivity contribution in [2.75, 3.05) is 27.4 Å². The minimum Gasteiger partial charge on any atom is -0.471 e. The van der Waals surface area contributed by atoms with Crippen molar-refractivity contribution in [2.24, 2.45) is 0 Å². The summed E-state index contributed by atoms with van der Waals surface area (Å²) in [5.41, 5.74) is 0. The summed E-state index contributed by atoms with van der Waals surface area (Å²) in [4.78, 5) is 7.54. The van der Waals surface area contributed by atoms with Gasteiger partial charge in [0.1, 0.15) is 11.1 Å². The molecule has 0 saturated carbocycles. The predicted octanol–water partition coefficient (Wildman–Crippen LogP) is 2.21. The van der Waals surface area contributed by atoms with Crippen LogP contribution in [0, 0.1) is 0 Å². The smallest absolute Gasteiger partial charge is 0.237 e. The van der Waals surface area contributed by atoms with Crippen LogP contribution in [0.1, 0.15) is 13.8 Å². The number of nitrogens with zero attached hydrogens (tertiary/aromatic N) is 2. The van der Waals surface area contributed by atoms with E-state index in [2.05, 4.69) is 14.7 Å². The van der Waals surface area contributed by atoms with Crippen LogP contribution >= 0.6 is 23.2 Å². The molecule has 2 atom stereocenters. The molecule has 8 heteroatoms. The molecule has 0 radical (unpaired) electrons. The number of hydrogen-bond acceptors (Lipinski definition) is 6. The number of aliphatic hydroxyl groups excluding tert-OH is 1. The fourth-order valence-corrected chi connectivity index (χ4v) is 1.38. The third kappa shape index (κ3) is 9.28. The molecule has 0 aromatic carbocycles. The van der Waals surface area contributed by atoms with Gasteiger partial charge in [-0.25, -0.2) is 4.98 Å². The highest BCUT2D eigenvalue weighted by molar-refractivity contribution is 6.32. The summed E-state index contributed by atoms with van der Waals surface area (Å²) in [6.45, 7) is 4.41. The van der Waals surface area contributed by atoms with E-state index in [1.54, 1.807) is 21.1 Å². The molecule has 6 nitrogen and oxygen atoms in total. The van der Waals surface area contributed by atoms with Crippen molar-refractivity contribution in [2.45, 2.75) is 26.1 Å². The number of ether oxygens (including phenoxy) is 3. The number of aromatic nitrogens is 2. The normalized spacial score (nSPS) is 13.2. The van der Waals surface area contributed by atoms with Crippen molar-refractivity contribution in [3.05, 3.63) is 16.5 Å². The van der Waals surface area contributed by atoms with Crippen LogP contribution in [-0.2, 0) is 9.47 Å². The Kier molecular flexibility index (Phi) is 10.7. The van der Waals surface area contributed by atoms with Gasteiger partial charge in [-0.15, -0.1) is 0 Å². The molecule has 1 N–H and O–H groups in total. The molecule has 0 bridgehead atoms. The Hall–Kier alpha value is -0.660. The SMILES string of the molecule is COC[C@H](C)O.COC[C@H](C)Oc1nc(Cl)ncc1Cl. The monoisotopic (exact) mass is 326 g/mol. The average molecular weight is 327 g/mol.